The SMILES string of the molecule is COC1CC2OC(O)C(OC(=O)C(C)(C(C)(C)C)C(C)(C)C)C2OC1O. The molecule has 2 heterocycles. The van der Waals surface area contributed by atoms with Crippen molar-refractivity contribution in [1.82, 2.24) is 0 Å². The van der Waals surface area contributed by atoms with Crippen LogP contribution < -0.4 is 0 Å². The third kappa shape index (κ3) is 3.52. The molecule has 2 rings (SSSR count). The number of hydrogen-bond acceptors (Lipinski definition) is 7. The lowest BCUT2D eigenvalue weighted by atomic mass is 9.55. The first kappa shape index (κ1) is 21.6. The van der Waals surface area contributed by atoms with Crippen molar-refractivity contribution in [2.45, 2.75) is 91.9 Å². The molecule has 0 amide bonds. The van der Waals surface area contributed by atoms with E-state index in [1.807, 2.05) is 48.5 Å². The molecule has 7 heteroatoms. The summed E-state index contributed by atoms with van der Waals surface area (Å²) >= 11 is 0. The molecule has 7 nitrogen and oxygen atoms in total. The third-order valence-corrected chi connectivity index (χ3v) is 6.32. The molecule has 0 bridgehead atoms. The van der Waals surface area contributed by atoms with Gasteiger partial charge in [-0.15, -0.1) is 0 Å². The van der Waals surface area contributed by atoms with Crippen molar-refractivity contribution >= 4 is 5.97 Å². The van der Waals surface area contributed by atoms with Gasteiger partial charge in [0.2, 0.25) is 0 Å². The Kier molecular flexibility index (Phi) is 5.82. The van der Waals surface area contributed by atoms with Gasteiger partial charge in [-0.1, -0.05) is 41.5 Å². The van der Waals surface area contributed by atoms with E-state index < -0.39 is 48.4 Å². The fraction of sp³-hybridized carbons (Fsp3) is 0.947. The zero-order valence-corrected chi connectivity index (χ0v) is 17.1. The number of rotatable bonds is 3. The van der Waals surface area contributed by atoms with Crippen LogP contribution in [0, 0.1) is 16.2 Å². The van der Waals surface area contributed by atoms with Crippen LogP contribution in [0.15, 0.2) is 0 Å². The van der Waals surface area contributed by atoms with E-state index in [4.69, 9.17) is 18.9 Å². The summed E-state index contributed by atoms with van der Waals surface area (Å²) in [5.74, 6) is -0.419. The molecule has 26 heavy (non-hydrogen) atoms. The van der Waals surface area contributed by atoms with Crippen LogP contribution >= 0.6 is 0 Å². The van der Waals surface area contributed by atoms with Crippen molar-refractivity contribution in [1.29, 1.82) is 0 Å². The smallest absolute Gasteiger partial charge is 0.313 e. The lowest BCUT2D eigenvalue weighted by Crippen LogP contribution is -2.54. The molecule has 2 fully saturated rings. The summed E-state index contributed by atoms with van der Waals surface area (Å²) in [5, 5.41) is 20.3. The maximum atomic E-state index is 13.2. The molecule has 2 saturated heterocycles. The number of aliphatic hydroxyl groups is 2. The molecular weight excluding hydrogens is 340 g/mol. The first-order valence-corrected chi connectivity index (χ1v) is 9.15. The molecule has 6 unspecified atom stereocenters. The molecule has 0 spiro atoms. The number of esters is 1. The average molecular weight is 374 g/mol. The van der Waals surface area contributed by atoms with E-state index >= 15 is 0 Å². The average Bonchev–Trinajstić information content (AvgIpc) is 2.78. The summed E-state index contributed by atoms with van der Waals surface area (Å²) in [7, 11) is 1.47. The van der Waals surface area contributed by atoms with Gasteiger partial charge in [-0.2, -0.15) is 0 Å². The molecular formula is C19H34O7. The molecule has 152 valence electrons. The standard InChI is InChI=1S/C19H34O7/c1-17(2,3)19(7,18(4,5)6)16(22)26-13-12-10(24-15(13)21)9-11(23-8)14(20)25-12/h10-15,20-21H,9H2,1-8H3. The van der Waals surface area contributed by atoms with Gasteiger partial charge in [0.1, 0.15) is 12.2 Å². The van der Waals surface area contributed by atoms with Crippen molar-refractivity contribution in [2.24, 2.45) is 16.2 Å². The Morgan fingerprint density at radius 1 is 0.962 bits per heavy atom. The van der Waals surface area contributed by atoms with E-state index in [0.29, 0.717) is 6.42 Å². The molecule has 0 aromatic carbocycles. The lowest BCUT2D eigenvalue weighted by Gasteiger charge is -2.49. The highest BCUT2D eigenvalue weighted by Crippen LogP contribution is 2.52. The minimum atomic E-state index is -1.30. The Balaban J connectivity index is 2.23. The Morgan fingerprint density at radius 2 is 1.50 bits per heavy atom. The van der Waals surface area contributed by atoms with E-state index in [9.17, 15) is 15.0 Å². The second kappa shape index (κ2) is 7.02. The summed E-state index contributed by atoms with van der Waals surface area (Å²) in [6.07, 6.45) is -4.90. The van der Waals surface area contributed by atoms with Crippen molar-refractivity contribution in [3.63, 3.8) is 0 Å². The minimum absolute atomic E-state index is 0.350. The van der Waals surface area contributed by atoms with Gasteiger partial charge in [0, 0.05) is 13.5 Å². The Labute approximate surface area is 156 Å². The second-order valence-corrected chi connectivity index (χ2v) is 9.56. The zero-order chi connectivity index (χ0) is 20.1. The molecule has 0 aromatic heterocycles. The molecule has 2 N–H and O–H groups in total. The number of methoxy groups -OCH3 is 1. The number of carbonyl (C=O) groups is 1. The summed E-state index contributed by atoms with van der Waals surface area (Å²) in [5.41, 5.74) is -1.57. The van der Waals surface area contributed by atoms with Gasteiger partial charge in [-0.3, -0.25) is 4.79 Å². The molecule has 0 aromatic rings. The van der Waals surface area contributed by atoms with Gasteiger partial charge in [0.05, 0.1) is 11.5 Å². The Hall–Kier alpha value is -0.730. The van der Waals surface area contributed by atoms with Crippen LogP contribution in [0.2, 0.25) is 0 Å². The van der Waals surface area contributed by atoms with Crippen LogP contribution in [0.3, 0.4) is 0 Å². The quantitative estimate of drug-likeness (QED) is 0.728. The van der Waals surface area contributed by atoms with Crippen LogP contribution in [0.5, 0.6) is 0 Å². The molecule has 0 aliphatic carbocycles. The molecule has 2 aliphatic rings. The van der Waals surface area contributed by atoms with E-state index in [0.717, 1.165) is 0 Å². The normalized spacial score (nSPS) is 35.9. The predicted octanol–water partition coefficient (Wildman–Crippen LogP) is 1.84. The number of fused-ring (bicyclic) bond motifs is 1. The van der Waals surface area contributed by atoms with Gasteiger partial charge < -0.3 is 29.2 Å². The largest absolute Gasteiger partial charge is 0.454 e. The summed E-state index contributed by atoms with van der Waals surface area (Å²) in [6.45, 7) is 13.8. The molecule has 2 aliphatic heterocycles. The van der Waals surface area contributed by atoms with Crippen LogP contribution in [0.1, 0.15) is 54.9 Å². The maximum Gasteiger partial charge on any atom is 0.313 e. The summed E-state index contributed by atoms with van der Waals surface area (Å²) in [6, 6.07) is 0. The topological polar surface area (TPSA) is 94.5 Å². The molecule has 0 saturated carbocycles. The second-order valence-electron chi connectivity index (χ2n) is 9.56. The third-order valence-electron chi connectivity index (χ3n) is 6.32. The molecule has 6 atom stereocenters. The van der Waals surface area contributed by atoms with E-state index in [1.165, 1.54) is 7.11 Å². The number of ether oxygens (including phenoxy) is 4. The van der Waals surface area contributed by atoms with E-state index in [1.54, 1.807) is 0 Å². The van der Waals surface area contributed by atoms with Gasteiger partial charge in [0.15, 0.2) is 18.7 Å². The highest BCUT2D eigenvalue weighted by molar-refractivity contribution is 5.78. The van der Waals surface area contributed by atoms with Crippen molar-refractivity contribution in [3.8, 4) is 0 Å². The van der Waals surface area contributed by atoms with Crippen LogP contribution in [-0.2, 0) is 23.7 Å². The van der Waals surface area contributed by atoms with Gasteiger partial charge in [0.25, 0.3) is 0 Å². The van der Waals surface area contributed by atoms with Gasteiger partial charge in [-0.25, -0.2) is 0 Å². The maximum absolute atomic E-state index is 13.2. The van der Waals surface area contributed by atoms with Crippen LogP contribution in [-0.4, -0.2) is 60.3 Å². The van der Waals surface area contributed by atoms with E-state index in [-0.39, 0.29) is 10.8 Å². The van der Waals surface area contributed by atoms with Crippen molar-refractivity contribution < 1.29 is 34.0 Å². The van der Waals surface area contributed by atoms with E-state index in [2.05, 4.69) is 0 Å². The van der Waals surface area contributed by atoms with Crippen LogP contribution in [0.25, 0.3) is 0 Å². The first-order chi connectivity index (χ1) is 11.7. The number of aliphatic hydroxyl groups excluding tert-OH is 2. The van der Waals surface area contributed by atoms with Crippen molar-refractivity contribution in [3.05, 3.63) is 0 Å². The summed E-state index contributed by atoms with van der Waals surface area (Å²) in [4.78, 5) is 13.2. The first-order valence-electron chi connectivity index (χ1n) is 9.15. The highest BCUT2D eigenvalue weighted by Gasteiger charge is 2.58. The van der Waals surface area contributed by atoms with Crippen LogP contribution in [0.4, 0.5) is 0 Å². The fourth-order valence-corrected chi connectivity index (χ4v) is 3.97. The number of carbonyl (C=O) groups excluding carboxylic acids is 1. The van der Waals surface area contributed by atoms with Gasteiger partial charge >= 0.3 is 5.97 Å². The minimum Gasteiger partial charge on any atom is -0.454 e. The number of hydrogen-bond donors (Lipinski definition) is 2. The fourth-order valence-electron chi connectivity index (χ4n) is 3.97. The Bertz CT molecular complexity index is 505. The zero-order valence-electron chi connectivity index (χ0n) is 17.1. The Morgan fingerprint density at radius 3 is 1.96 bits per heavy atom. The predicted molar refractivity (Wildman–Crippen MR) is 94.1 cm³/mol. The lowest BCUT2D eigenvalue weighted by molar-refractivity contribution is -0.251. The van der Waals surface area contributed by atoms with Gasteiger partial charge in [-0.05, 0) is 17.8 Å². The summed E-state index contributed by atoms with van der Waals surface area (Å²) < 4.78 is 22.0. The molecule has 0 radical (unpaired) electrons. The van der Waals surface area contributed by atoms with Crippen molar-refractivity contribution in [2.75, 3.05) is 7.11 Å². The monoisotopic (exact) mass is 374 g/mol. The highest BCUT2D eigenvalue weighted by atomic mass is 16.7.